The minimum Gasteiger partial charge on any atom is -0.478 e. The molecule has 0 bridgehead atoms. The number of allylic oxidation sites excluding steroid dienone is 2. The van der Waals surface area contributed by atoms with Crippen molar-refractivity contribution >= 4 is 5.97 Å². The van der Waals surface area contributed by atoms with Gasteiger partial charge in [-0.05, 0) is 19.9 Å². The standard InChI is InChI=1S/C7H11NO2/c1-3-6(7(9)10)4-5(2)8/h3-4H,8H2,1-2H3,(H,9,10)/b5-4?,6-3+. The average molecular weight is 141 g/mol. The third-order valence-electron chi connectivity index (χ3n) is 0.941. The number of rotatable bonds is 2. The second kappa shape index (κ2) is 3.71. The van der Waals surface area contributed by atoms with Crippen LogP contribution >= 0.6 is 0 Å². The van der Waals surface area contributed by atoms with Crippen LogP contribution in [-0.4, -0.2) is 11.1 Å². The van der Waals surface area contributed by atoms with Crippen molar-refractivity contribution in [2.24, 2.45) is 5.73 Å². The van der Waals surface area contributed by atoms with Gasteiger partial charge in [0.05, 0.1) is 5.57 Å². The summed E-state index contributed by atoms with van der Waals surface area (Å²) in [5.74, 6) is -0.952. The van der Waals surface area contributed by atoms with Crippen molar-refractivity contribution in [1.29, 1.82) is 0 Å². The third kappa shape index (κ3) is 2.91. The minimum absolute atomic E-state index is 0.222. The monoisotopic (exact) mass is 141 g/mol. The van der Waals surface area contributed by atoms with Crippen LogP contribution < -0.4 is 5.73 Å². The summed E-state index contributed by atoms with van der Waals surface area (Å²) in [6, 6.07) is 0. The van der Waals surface area contributed by atoms with Crippen LogP contribution in [0.2, 0.25) is 0 Å². The van der Waals surface area contributed by atoms with Crippen LogP contribution in [0.5, 0.6) is 0 Å². The Morgan fingerprint density at radius 3 is 2.20 bits per heavy atom. The summed E-state index contributed by atoms with van der Waals surface area (Å²) >= 11 is 0. The van der Waals surface area contributed by atoms with E-state index in [9.17, 15) is 4.79 Å². The van der Waals surface area contributed by atoms with E-state index >= 15 is 0 Å². The van der Waals surface area contributed by atoms with E-state index in [1.807, 2.05) is 0 Å². The molecule has 10 heavy (non-hydrogen) atoms. The van der Waals surface area contributed by atoms with Crippen LogP contribution in [0.25, 0.3) is 0 Å². The molecule has 0 aliphatic rings. The smallest absolute Gasteiger partial charge is 0.335 e. The maximum atomic E-state index is 10.3. The summed E-state index contributed by atoms with van der Waals surface area (Å²) in [6.07, 6.45) is 2.92. The molecular weight excluding hydrogens is 130 g/mol. The van der Waals surface area contributed by atoms with Gasteiger partial charge in [-0.25, -0.2) is 4.79 Å². The van der Waals surface area contributed by atoms with Gasteiger partial charge < -0.3 is 10.8 Å². The van der Waals surface area contributed by atoms with E-state index in [0.717, 1.165) is 0 Å². The second-order valence-electron chi connectivity index (χ2n) is 1.94. The van der Waals surface area contributed by atoms with E-state index in [0.29, 0.717) is 5.70 Å². The van der Waals surface area contributed by atoms with Crippen LogP contribution in [0.4, 0.5) is 0 Å². The van der Waals surface area contributed by atoms with Crippen molar-refractivity contribution in [2.45, 2.75) is 13.8 Å². The largest absolute Gasteiger partial charge is 0.478 e. The Hall–Kier alpha value is -1.25. The van der Waals surface area contributed by atoms with Crippen molar-refractivity contribution < 1.29 is 9.90 Å². The van der Waals surface area contributed by atoms with Gasteiger partial charge in [-0.2, -0.15) is 0 Å². The molecule has 0 atom stereocenters. The number of hydrogen-bond donors (Lipinski definition) is 2. The van der Waals surface area contributed by atoms with Crippen LogP contribution in [0, 0.1) is 0 Å². The van der Waals surface area contributed by atoms with Crippen molar-refractivity contribution in [3.8, 4) is 0 Å². The van der Waals surface area contributed by atoms with Crippen molar-refractivity contribution in [3.63, 3.8) is 0 Å². The molecule has 0 rings (SSSR count). The van der Waals surface area contributed by atoms with Gasteiger partial charge in [-0.15, -0.1) is 0 Å². The predicted octanol–water partition coefficient (Wildman–Crippen LogP) is 0.880. The third-order valence-corrected chi connectivity index (χ3v) is 0.941. The van der Waals surface area contributed by atoms with Gasteiger partial charge in [-0.1, -0.05) is 6.08 Å². The molecule has 0 saturated heterocycles. The van der Waals surface area contributed by atoms with E-state index in [4.69, 9.17) is 10.8 Å². The first-order valence-electron chi connectivity index (χ1n) is 2.91. The van der Waals surface area contributed by atoms with E-state index in [1.165, 1.54) is 12.2 Å². The predicted molar refractivity (Wildman–Crippen MR) is 39.3 cm³/mol. The van der Waals surface area contributed by atoms with E-state index in [-0.39, 0.29) is 5.57 Å². The zero-order valence-electron chi connectivity index (χ0n) is 6.09. The van der Waals surface area contributed by atoms with Crippen molar-refractivity contribution in [2.75, 3.05) is 0 Å². The molecule has 0 aromatic heterocycles. The highest BCUT2D eigenvalue weighted by atomic mass is 16.4. The molecule has 0 aromatic rings. The van der Waals surface area contributed by atoms with E-state index in [2.05, 4.69) is 0 Å². The Kier molecular flexibility index (Phi) is 3.25. The molecule has 3 nitrogen and oxygen atoms in total. The highest BCUT2D eigenvalue weighted by Gasteiger charge is 2.00. The minimum atomic E-state index is -0.952. The molecule has 0 spiro atoms. The molecule has 0 aromatic carbocycles. The Balaban J connectivity index is 4.42. The lowest BCUT2D eigenvalue weighted by atomic mass is 10.2. The fraction of sp³-hybridized carbons (Fsp3) is 0.286. The summed E-state index contributed by atoms with van der Waals surface area (Å²) < 4.78 is 0. The van der Waals surface area contributed by atoms with Crippen LogP contribution in [0.3, 0.4) is 0 Å². The normalized spacial score (nSPS) is 13.4. The molecule has 0 aliphatic heterocycles. The molecule has 0 unspecified atom stereocenters. The van der Waals surface area contributed by atoms with Crippen LogP contribution in [-0.2, 0) is 4.79 Å². The molecule has 56 valence electrons. The SMILES string of the molecule is C/C=C(\C=C(C)N)C(=O)O. The maximum absolute atomic E-state index is 10.3. The average Bonchev–Trinajstić information content (AvgIpc) is 1.81. The van der Waals surface area contributed by atoms with Gasteiger partial charge in [0.25, 0.3) is 0 Å². The lowest BCUT2D eigenvalue weighted by Crippen LogP contribution is -2.00. The summed E-state index contributed by atoms with van der Waals surface area (Å²) in [5, 5.41) is 8.45. The molecule has 0 fully saturated rings. The fourth-order valence-electron chi connectivity index (χ4n) is 0.514. The molecule has 0 saturated carbocycles. The number of carboxylic acids is 1. The quantitative estimate of drug-likeness (QED) is 0.443. The van der Waals surface area contributed by atoms with Gasteiger partial charge in [-0.3, -0.25) is 0 Å². The molecule has 0 aliphatic carbocycles. The van der Waals surface area contributed by atoms with E-state index in [1.54, 1.807) is 13.8 Å². The zero-order valence-corrected chi connectivity index (χ0v) is 6.09. The number of aliphatic carboxylic acids is 1. The summed E-state index contributed by atoms with van der Waals surface area (Å²) in [5.41, 5.74) is 5.98. The number of nitrogens with two attached hydrogens (primary N) is 1. The van der Waals surface area contributed by atoms with Gasteiger partial charge in [0.2, 0.25) is 0 Å². The summed E-state index contributed by atoms with van der Waals surface area (Å²) in [6.45, 7) is 3.30. The fourth-order valence-corrected chi connectivity index (χ4v) is 0.514. The first-order chi connectivity index (χ1) is 4.57. The molecule has 3 heteroatoms. The summed E-state index contributed by atoms with van der Waals surface area (Å²) in [4.78, 5) is 10.3. The number of hydrogen-bond acceptors (Lipinski definition) is 2. The van der Waals surface area contributed by atoms with Gasteiger partial charge in [0, 0.05) is 5.70 Å². The van der Waals surface area contributed by atoms with Crippen molar-refractivity contribution in [3.05, 3.63) is 23.4 Å². The Labute approximate surface area is 59.8 Å². The van der Waals surface area contributed by atoms with Crippen molar-refractivity contribution in [1.82, 2.24) is 0 Å². The second-order valence-corrected chi connectivity index (χ2v) is 1.94. The topological polar surface area (TPSA) is 63.3 Å². The number of carboxylic acid groups (broad SMARTS) is 1. The maximum Gasteiger partial charge on any atom is 0.335 e. The Bertz CT molecular complexity index is 188. The van der Waals surface area contributed by atoms with Gasteiger partial charge in [0.1, 0.15) is 0 Å². The van der Waals surface area contributed by atoms with Crippen LogP contribution in [0.1, 0.15) is 13.8 Å². The lowest BCUT2D eigenvalue weighted by Gasteiger charge is -1.92. The number of carbonyl (C=O) groups is 1. The molecule has 0 heterocycles. The van der Waals surface area contributed by atoms with E-state index < -0.39 is 5.97 Å². The summed E-state index contributed by atoms with van der Waals surface area (Å²) in [7, 11) is 0. The van der Waals surface area contributed by atoms with Gasteiger partial charge in [0.15, 0.2) is 0 Å². The van der Waals surface area contributed by atoms with Gasteiger partial charge >= 0.3 is 5.97 Å². The highest BCUT2D eigenvalue weighted by Crippen LogP contribution is 1.97. The highest BCUT2D eigenvalue weighted by molar-refractivity contribution is 5.89. The molecule has 3 N–H and O–H groups in total. The first-order valence-corrected chi connectivity index (χ1v) is 2.91. The molecular formula is C7H11NO2. The Morgan fingerprint density at radius 1 is 1.60 bits per heavy atom. The lowest BCUT2D eigenvalue weighted by molar-refractivity contribution is -0.132. The first kappa shape index (κ1) is 8.75. The Morgan fingerprint density at radius 2 is 2.10 bits per heavy atom. The molecule has 0 radical (unpaired) electrons. The molecule has 0 amide bonds. The van der Waals surface area contributed by atoms with Crippen LogP contribution in [0.15, 0.2) is 23.4 Å². The zero-order chi connectivity index (χ0) is 8.15.